The monoisotopic (exact) mass is 236 g/mol. The van der Waals surface area contributed by atoms with Crippen LogP contribution in [0, 0.1) is 19.8 Å². The molecule has 3 heteroatoms. The molecule has 0 aliphatic carbocycles. The minimum Gasteiger partial charge on any atom is -0.493 e. The highest BCUT2D eigenvalue weighted by molar-refractivity contribution is 5.69. The average molecular weight is 236 g/mol. The van der Waals surface area contributed by atoms with Crippen LogP contribution in [-0.2, 0) is 4.79 Å². The van der Waals surface area contributed by atoms with Crippen molar-refractivity contribution in [2.24, 2.45) is 5.92 Å². The molecule has 1 N–H and O–H groups in total. The smallest absolute Gasteiger partial charge is 0.306 e. The third-order valence-electron chi connectivity index (χ3n) is 2.91. The van der Waals surface area contributed by atoms with Crippen LogP contribution >= 0.6 is 0 Å². The summed E-state index contributed by atoms with van der Waals surface area (Å²) in [5.41, 5.74) is 2.23. The highest BCUT2D eigenvalue weighted by Gasteiger charge is 2.14. The molecule has 0 saturated carbocycles. The second-order valence-corrected chi connectivity index (χ2v) is 4.35. The zero-order valence-corrected chi connectivity index (χ0v) is 10.7. The van der Waals surface area contributed by atoms with Gasteiger partial charge in [0.05, 0.1) is 12.5 Å². The molecule has 1 atom stereocenters. The van der Waals surface area contributed by atoms with E-state index >= 15 is 0 Å². The Morgan fingerprint density at radius 3 is 2.71 bits per heavy atom. The molecule has 0 radical (unpaired) electrons. The highest BCUT2D eigenvalue weighted by Crippen LogP contribution is 2.20. The number of carboxylic acids is 1. The molecule has 1 unspecified atom stereocenters. The van der Waals surface area contributed by atoms with E-state index in [4.69, 9.17) is 9.84 Å². The molecule has 1 aromatic rings. The van der Waals surface area contributed by atoms with Crippen LogP contribution in [-0.4, -0.2) is 17.7 Å². The van der Waals surface area contributed by atoms with E-state index in [0.717, 1.165) is 16.9 Å². The summed E-state index contributed by atoms with van der Waals surface area (Å²) in [6.45, 7) is 6.34. The molecule has 3 nitrogen and oxygen atoms in total. The number of aryl methyl sites for hydroxylation is 2. The van der Waals surface area contributed by atoms with Crippen LogP contribution in [0.4, 0.5) is 0 Å². The molecule has 1 aromatic carbocycles. The second kappa shape index (κ2) is 6.28. The topological polar surface area (TPSA) is 46.5 Å². The van der Waals surface area contributed by atoms with Gasteiger partial charge in [-0.15, -0.1) is 0 Å². The first-order valence-corrected chi connectivity index (χ1v) is 5.97. The molecular weight excluding hydrogens is 216 g/mol. The fourth-order valence-electron chi connectivity index (χ4n) is 1.68. The summed E-state index contributed by atoms with van der Waals surface area (Å²) >= 11 is 0. The second-order valence-electron chi connectivity index (χ2n) is 4.35. The minimum atomic E-state index is -0.739. The first-order valence-electron chi connectivity index (χ1n) is 5.97. The van der Waals surface area contributed by atoms with Gasteiger partial charge in [0.2, 0.25) is 0 Å². The lowest BCUT2D eigenvalue weighted by atomic mass is 10.0. The number of aliphatic carboxylic acids is 1. The fourth-order valence-corrected chi connectivity index (χ4v) is 1.68. The molecule has 0 heterocycles. The Kier molecular flexibility index (Phi) is 5.01. The highest BCUT2D eigenvalue weighted by atomic mass is 16.5. The van der Waals surface area contributed by atoms with Crippen molar-refractivity contribution < 1.29 is 14.6 Å². The lowest BCUT2D eigenvalue weighted by molar-refractivity contribution is -0.142. The molecule has 0 saturated heterocycles. The van der Waals surface area contributed by atoms with Gasteiger partial charge in [-0.05, 0) is 43.9 Å². The first-order chi connectivity index (χ1) is 8.04. The number of ether oxygens (including phenoxy) is 1. The number of hydrogen-bond acceptors (Lipinski definition) is 2. The van der Waals surface area contributed by atoms with Crippen molar-refractivity contribution in [1.29, 1.82) is 0 Å². The van der Waals surface area contributed by atoms with Crippen LogP contribution in [0.2, 0.25) is 0 Å². The number of benzene rings is 1. The Labute approximate surface area is 102 Å². The zero-order chi connectivity index (χ0) is 12.8. The molecular formula is C14H20O3. The molecule has 1 rings (SSSR count). The van der Waals surface area contributed by atoms with Gasteiger partial charge in [-0.25, -0.2) is 0 Å². The Morgan fingerprint density at radius 1 is 1.41 bits per heavy atom. The number of carbonyl (C=O) groups is 1. The summed E-state index contributed by atoms with van der Waals surface area (Å²) in [6.07, 6.45) is 1.20. The zero-order valence-electron chi connectivity index (χ0n) is 10.7. The van der Waals surface area contributed by atoms with Crippen LogP contribution < -0.4 is 4.74 Å². The molecule has 0 bridgehead atoms. The van der Waals surface area contributed by atoms with Gasteiger partial charge in [0.1, 0.15) is 5.75 Å². The number of carboxylic acid groups (broad SMARTS) is 1. The van der Waals surface area contributed by atoms with Gasteiger partial charge < -0.3 is 9.84 Å². The Morgan fingerprint density at radius 2 is 2.12 bits per heavy atom. The third-order valence-corrected chi connectivity index (χ3v) is 2.91. The van der Waals surface area contributed by atoms with Crippen LogP contribution in [0.5, 0.6) is 5.75 Å². The normalized spacial score (nSPS) is 12.2. The lowest BCUT2D eigenvalue weighted by Gasteiger charge is -2.12. The maximum atomic E-state index is 10.8. The minimum absolute atomic E-state index is 0.305. The largest absolute Gasteiger partial charge is 0.493 e. The van der Waals surface area contributed by atoms with Crippen molar-refractivity contribution in [2.45, 2.75) is 33.6 Å². The van der Waals surface area contributed by atoms with Gasteiger partial charge in [-0.3, -0.25) is 4.79 Å². The van der Waals surface area contributed by atoms with Crippen molar-refractivity contribution in [3.8, 4) is 5.75 Å². The van der Waals surface area contributed by atoms with Crippen LogP contribution in [0.3, 0.4) is 0 Å². The van der Waals surface area contributed by atoms with Gasteiger partial charge in [0.25, 0.3) is 0 Å². The summed E-state index contributed by atoms with van der Waals surface area (Å²) in [5.74, 6) is -0.192. The van der Waals surface area contributed by atoms with Crippen molar-refractivity contribution >= 4 is 5.97 Å². The van der Waals surface area contributed by atoms with Gasteiger partial charge in [0.15, 0.2) is 0 Å². The van der Waals surface area contributed by atoms with Gasteiger partial charge in [0, 0.05) is 0 Å². The first kappa shape index (κ1) is 13.6. The predicted octanol–water partition coefficient (Wildman–Crippen LogP) is 3.18. The lowest BCUT2D eigenvalue weighted by Crippen LogP contribution is -2.16. The third kappa shape index (κ3) is 4.10. The molecule has 0 amide bonds. The Balaban J connectivity index is 2.50. The molecule has 0 aromatic heterocycles. The van der Waals surface area contributed by atoms with Crippen LogP contribution in [0.25, 0.3) is 0 Å². The van der Waals surface area contributed by atoms with Gasteiger partial charge >= 0.3 is 5.97 Å². The van der Waals surface area contributed by atoms with Crippen molar-refractivity contribution in [3.05, 3.63) is 29.3 Å². The fraction of sp³-hybridized carbons (Fsp3) is 0.500. The molecule has 0 aliphatic heterocycles. The van der Waals surface area contributed by atoms with E-state index in [9.17, 15) is 4.79 Å². The SMILES string of the molecule is CCC(CCOc1cc(C)ccc1C)C(=O)O. The molecule has 0 aliphatic rings. The van der Waals surface area contributed by atoms with Crippen LogP contribution in [0.15, 0.2) is 18.2 Å². The quantitative estimate of drug-likeness (QED) is 0.825. The van der Waals surface area contributed by atoms with E-state index in [1.54, 1.807) is 0 Å². The van der Waals surface area contributed by atoms with Crippen molar-refractivity contribution in [2.75, 3.05) is 6.61 Å². The van der Waals surface area contributed by atoms with E-state index in [-0.39, 0.29) is 5.92 Å². The predicted molar refractivity (Wildman–Crippen MR) is 67.4 cm³/mol. The maximum Gasteiger partial charge on any atom is 0.306 e. The van der Waals surface area contributed by atoms with Crippen molar-refractivity contribution in [3.63, 3.8) is 0 Å². The number of hydrogen-bond donors (Lipinski definition) is 1. The molecule has 0 fully saturated rings. The molecule has 94 valence electrons. The van der Waals surface area contributed by atoms with E-state index in [2.05, 4.69) is 0 Å². The summed E-state index contributed by atoms with van der Waals surface area (Å²) in [6, 6.07) is 6.03. The van der Waals surface area contributed by atoms with E-state index < -0.39 is 5.97 Å². The summed E-state index contributed by atoms with van der Waals surface area (Å²) in [5, 5.41) is 8.91. The average Bonchev–Trinajstić information content (AvgIpc) is 2.28. The Hall–Kier alpha value is -1.51. The van der Waals surface area contributed by atoms with Gasteiger partial charge in [-0.1, -0.05) is 19.1 Å². The van der Waals surface area contributed by atoms with Crippen molar-refractivity contribution in [1.82, 2.24) is 0 Å². The summed E-state index contributed by atoms with van der Waals surface area (Å²) in [7, 11) is 0. The van der Waals surface area contributed by atoms with E-state index in [1.165, 1.54) is 0 Å². The summed E-state index contributed by atoms with van der Waals surface area (Å²) < 4.78 is 5.64. The Bertz CT molecular complexity index is 385. The molecule has 17 heavy (non-hydrogen) atoms. The maximum absolute atomic E-state index is 10.8. The number of rotatable bonds is 6. The van der Waals surface area contributed by atoms with Gasteiger partial charge in [-0.2, -0.15) is 0 Å². The van der Waals surface area contributed by atoms with E-state index in [1.807, 2.05) is 39.0 Å². The van der Waals surface area contributed by atoms with Crippen LogP contribution in [0.1, 0.15) is 30.9 Å². The molecule has 0 spiro atoms. The standard InChI is InChI=1S/C14H20O3/c1-4-12(14(15)16)7-8-17-13-9-10(2)5-6-11(13)3/h5-6,9,12H,4,7-8H2,1-3H3,(H,15,16). The summed E-state index contributed by atoms with van der Waals surface area (Å²) in [4.78, 5) is 10.8. The van der Waals surface area contributed by atoms with E-state index in [0.29, 0.717) is 19.4 Å².